The maximum atomic E-state index is 7.13. The smallest absolute Gasteiger partial charge is 0.167 e. The highest BCUT2D eigenvalue weighted by Gasteiger charge is 2.28. The standard InChI is InChI=1S/C45H41B14N3O2/c46-25-19-21-27(48)32(53)35(56)38(59)42(21)64-40(19)36(57)29(50)23(25)44-60-43(18-9-5-4-8-17(18)16-12-10-15(11-13-16)14-6-2-1-3-7-14)61-45(62-44)24-30(51)31(52)26(47)20-22-28(49)33(54)34(55)37(58)41(22)63-39(20)24/h1-13H,46-59H2. The maximum absolute atomic E-state index is 7.13. The van der Waals surface area contributed by atoms with Gasteiger partial charge in [0.25, 0.3) is 0 Å². The van der Waals surface area contributed by atoms with Gasteiger partial charge >= 0.3 is 0 Å². The highest BCUT2D eigenvalue weighted by atomic mass is 16.3. The van der Waals surface area contributed by atoms with E-state index in [4.69, 9.17) is 23.8 Å². The van der Waals surface area contributed by atoms with Gasteiger partial charge in [-0.1, -0.05) is 144 Å². The van der Waals surface area contributed by atoms with Crippen molar-refractivity contribution in [3.8, 4) is 56.4 Å². The molecule has 64 heavy (non-hydrogen) atoms. The average molecular weight is 807 g/mol. The van der Waals surface area contributed by atoms with Crippen LogP contribution in [0.3, 0.4) is 0 Å². The number of fused-ring (bicyclic) bond motifs is 6. The molecule has 19 heteroatoms. The Morgan fingerprint density at radius 3 is 1.19 bits per heavy atom. The molecule has 0 fully saturated rings. The quantitative estimate of drug-likeness (QED) is 0.162. The molecule has 0 atom stereocenters. The Kier molecular flexibility index (Phi) is 10.1. The molecule has 290 valence electrons. The molecule has 0 aliphatic heterocycles. The third-order valence-corrected chi connectivity index (χ3v) is 15.3. The highest BCUT2D eigenvalue weighted by Crippen LogP contribution is 2.36. The highest BCUT2D eigenvalue weighted by molar-refractivity contribution is 6.71. The van der Waals surface area contributed by atoms with E-state index in [0.29, 0.717) is 17.5 Å². The largest absolute Gasteiger partial charge is 0.457 e. The molecule has 0 spiro atoms. The fourth-order valence-electron chi connectivity index (χ4n) is 10.4. The summed E-state index contributed by atoms with van der Waals surface area (Å²) in [7, 11) is 30.9. The Morgan fingerprint density at radius 1 is 0.266 bits per heavy atom. The number of aromatic nitrogens is 3. The summed E-state index contributed by atoms with van der Waals surface area (Å²) in [5.41, 5.74) is 27.7. The molecule has 5 nitrogen and oxygen atoms in total. The summed E-state index contributed by atoms with van der Waals surface area (Å²) in [4.78, 5) is 16.6. The summed E-state index contributed by atoms with van der Waals surface area (Å²) < 4.78 is 14.0. The minimum atomic E-state index is 0.592. The number of furan rings is 2. The first kappa shape index (κ1) is 42.0. The van der Waals surface area contributed by atoms with Crippen molar-refractivity contribution in [1.29, 1.82) is 0 Å². The second kappa shape index (κ2) is 15.4. The molecule has 0 amide bonds. The molecule has 10 aromatic rings. The zero-order valence-electron chi connectivity index (χ0n) is 39.7. The summed E-state index contributed by atoms with van der Waals surface area (Å²) in [6.45, 7) is 0. The van der Waals surface area contributed by atoms with Crippen LogP contribution in [0.2, 0.25) is 0 Å². The molecule has 0 saturated heterocycles. The second-order valence-electron chi connectivity index (χ2n) is 18.3. The number of rotatable bonds is 5. The third-order valence-electron chi connectivity index (χ3n) is 15.3. The number of hydrogen-bond donors (Lipinski definition) is 0. The van der Waals surface area contributed by atoms with Crippen LogP contribution in [0.1, 0.15) is 0 Å². The van der Waals surface area contributed by atoms with Crippen molar-refractivity contribution in [2.45, 2.75) is 0 Å². The van der Waals surface area contributed by atoms with Crippen LogP contribution < -0.4 is 76.5 Å². The van der Waals surface area contributed by atoms with E-state index < -0.39 is 0 Å². The first-order valence-corrected chi connectivity index (χ1v) is 22.5. The molecule has 0 saturated carbocycles. The van der Waals surface area contributed by atoms with Crippen LogP contribution in [-0.4, -0.2) is 125 Å². The van der Waals surface area contributed by atoms with Gasteiger partial charge in [-0.05, 0) is 22.3 Å². The zero-order valence-corrected chi connectivity index (χ0v) is 39.7. The fourth-order valence-corrected chi connectivity index (χ4v) is 10.4. The number of hydrogen-bond acceptors (Lipinski definition) is 5. The monoisotopic (exact) mass is 809 g/mol. The zero-order chi connectivity index (χ0) is 45.2. The van der Waals surface area contributed by atoms with E-state index in [2.05, 4.69) is 189 Å². The van der Waals surface area contributed by atoms with Gasteiger partial charge in [-0.25, -0.2) is 15.0 Å². The minimum absolute atomic E-state index is 0.592. The van der Waals surface area contributed by atoms with Crippen molar-refractivity contribution in [2.75, 3.05) is 0 Å². The van der Waals surface area contributed by atoms with E-state index in [1.807, 2.05) is 0 Å². The number of nitrogens with zero attached hydrogens (tertiary/aromatic N) is 3. The summed E-state index contributed by atoms with van der Waals surface area (Å²) in [5, 5.41) is 4.59. The predicted octanol–water partition coefficient (Wildman–Crippen LogP) is -12.4. The Hall–Kier alpha value is -5.94. The molecule has 3 aromatic heterocycles. The first-order chi connectivity index (χ1) is 30.6. The fraction of sp³-hybridized carbons (Fsp3) is 0. The van der Waals surface area contributed by atoms with Crippen LogP contribution in [0.15, 0.2) is 87.7 Å². The van der Waals surface area contributed by atoms with Gasteiger partial charge in [-0.3, -0.25) is 0 Å². The van der Waals surface area contributed by atoms with Crippen LogP contribution in [-0.2, 0) is 0 Å². The molecule has 3 heterocycles. The van der Waals surface area contributed by atoms with E-state index in [0.717, 1.165) is 88.2 Å². The lowest BCUT2D eigenvalue weighted by molar-refractivity contribution is 0.673. The van der Waals surface area contributed by atoms with Crippen molar-refractivity contribution in [2.24, 2.45) is 0 Å². The summed E-state index contributed by atoms with van der Waals surface area (Å²) in [6, 6.07) is 27.8. The predicted molar refractivity (Wildman–Crippen MR) is 316 cm³/mol. The Balaban J connectivity index is 1.31. The van der Waals surface area contributed by atoms with E-state index in [-0.39, 0.29) is 0 Å². The van der Waals surface area contributed by atoms with Crippen molar-refractivity contribution in [1.82, 2.24) is 15.0 Å². The molecule has 0 radical (unpaired) electrons. The lowest BCUT2D eigenvalue weighted by Gasteiger charge is -2.18. The molecule has 10 rings (SSSR count). The topological polar surface area (TPSA) is 65.0 Å². The summed E-state index contributed by atoms with van der Waals surface area (Å²) in [5.74, 6) is 1.83. The van der Waals surface area contributed by atoms with Gasteiger partial charge < -0.3 is 8.83 Å². The first-order valence-electron chi connectivity index (χ1n) is 22.5. The van der Waals surface area contributed by atoms with Crippen molar-refractivity contribution < 1.29 is 8.83 Å². The van der Waals surface area contributed by atoms with Crippen molar-refractivity contribution >= 4 is 230 Å². The van der Waals surface area contributed by atoms with Gasteiger partial charge in [0.05, 0.1) is 5.56 Å². The van der Waals surface area contributed by atoms with Gasteiger partial charge in [-0.15, -0.1) is 10.9 Å². The molecule has 0 N–H and O–H groups in total. The molecular weight excluding hydrogens is 766 g/mol. The normalized spacial score (nSPS) is 11.7. The Morgan fingerprint density at radius 2 is 0.625 bits per heavy atom. The molecule has 0 bridgehead atoms. The van der Waals surface area contributed by atoms with Gasteiger partial charge in [0.2, 0.25) is 0 Å². The molecule has 0 unspecified atom stereocenters. The van der Waals surface area contributed by atoms with E-state index in [1.165, 1.54) is 71.1 Å². The maximum Gasteiger partial charge on any atom is 0.167 e. The Labute approximate surface area is 387 Å². The molecule has 0 aliphatic carbocycles. The summed E-state index contributed by atoms with van der Waals surface area (Å²) in [6.07, 6.45) is 0. The van der Waals surface area contributed by atoms with Crippen LogP contribution >= 0.6 is 0 Å². The van der Waals surface area contributed by atoms with Crippen LogP contribution in [0, 0.1) is 0 Å². The van der Waals surface area contributed by atoms with E-state index in [9.17, 15) is 0 Å². The second-order valence-corrected chi connectivity index (χ2v) is 18.3. The van der Waals surface area contributed by atoms with Crippen molar-refractivity contribution in [3.05, 3.63) is 78.9 Å². The van der Waals surface area contributed by atoms with E-state index >= 15 is 0 Å². The third kappa shape index (κ3) is 6.09. The lowest BCUT2D eigenvalue weighted by Crippen LogP contribution is -2.48. The van der Waals surface area contributed by atoms with Gasteiger partial charge in [0.15, 0.2) is 17.5 Å². The number of benzene rings is 7. The van der Waals surface area contributed by atoms with Gasteiger partial charge in [-0.2, -0.15) is 0 Å². The van der Waals surface area contributed by atoms with Crippen molar-refractivity contribution in [3.63, 3.8) is 0 Å². The lowest BCUT2D eigenvalue weighted by atomic mass is 9.64. The summed E-state index contributed by atoms with van der Waals surface area (Å²) >= 11 is 0. The SMILES string of the molecule is Bc1c(B)c(B)c2c(oc3c(B)c(B)c(-c4nc(-c5ccccc5-c5ccc(-c6ccccc6)cc5)nc(-c5c(B)c(B)c(B)c6c5oc5c(B)c(B)c(B)c(B)c56)n4)c(B)c32)c1B. The molecule has 0 aliphatic rings. The Bertz CT molecular complexity index is 3670. The molecule has 7 aromatic carbocycles. The van der Waals surface area contributed by atoms with Gasteiger partial charge in [0, 0.05) is 32.7 Å². The minimum Gasteiger partial charge on any atom is -0.457 e. The van der Waals surface area contributed by atoms with Crippen LogP contribution in [0.25, 0.3) is 100 Å². The van der Waals surface area contributed by atoms with Gasteiger partial charge in [0.1, 0.15) is 132 Å². The average Bonchev–Trinajstić information content (AvgIpc) is 3.92. The molecular formula is C45H41B14N3O2. The van der Waals surface area contributed by atoms with Crippen LogP contribution in [0.4, 0.5) is 0 Å². The van der Waals surface area contributed by atoms with Crippen LogP contribution in [0.5, 0.6) is 0 Å². The van der Waals surface area contributed by atoms with E-state index in [1.54, 1.807) is 0 Å².